The highest BCUT2D eigenvalue weighted by Gasteiger charge is 2.35. The Hall–Kier alpha value is -3.74. The van der Waals surface area contributed by atoms with Crippen molar-refractivity contribution in [2.24, 2.45) is 0 Å². The number of halogens is 5. The first-order valence-electron chi connectivity index (χ1n) is 9.92. The van der Waals surface area contributed by atoms with E-state index in [2.05, 4.69) is 10.3 Å². The fourth-order valence-electron chi connectivity index (χ4n) is 3.60. The van der Waals surface area contributed by atoms with E-state index in [0.29, 0.717) is 35.3 Å². The average molecular weight is 513 g/mol. The second-order valence-electron chi connectivity index (χ2n) is 7.53. The van der Waals surface area contributed by atoms with Crippen LogP contribution in [0.2, 0.25) is 0 Å². The normalized spacial score (nSPS) is 15.3. The molecular formula is C22H16F5N3O4S. The van der Waals surface area contributed by atoms with Gasteiger partial charge in [-0.1, -0.05) is 6.07 Å². The molecule has 1 unspecified atom stereocenters. The number of pyridine rings is 1. The molecule has 35 heavy (non-hydrogen) atoms. The third-order valence-electron chi connectivity index (χ3n) is 5.35. The molecular weight excluding hydrogens is 497 g/mol. The van der Waals surface area contributed by atoms with Gasteiger partial charge in [-0.25, -0.2) is 22.2 Å². The van der Waals surface area contributed by atoms with Crippen molar-refractivity contribution in [2.75, 3.05) is 23.7 Å². The Kier molecular flexibility index (Phi) is 6.13. The van der Waals surface area contributed by atoms with Crippen LogP contribution in [-0.4, -0.2) is 32.8 Å². The molecule has 3 aromatic rings. The Bertz CT molecular complexity index is 1430. The second-order valence-corrected chi connectivity index (χ2v) is 9.21. The molecule has 0 bridgehead atoms. The summed E-state index contributed by atoms with van der Waals surface area (Å²) >= 11 is 0. The Labute approximate surface area is 196 Å². The Morgan fingerprint density at radius 1 is 1.17 bits per heavy atom. The number of aromatic nitrogens is 1. The van der Waals surface area contributed by atoms with Crippen LogP contribution in [0.4, 0.5) is 33.5 Å². The van der Waals surface area contributed by atoms with E-state index >= 15 is 4.39 Å². The number of ether oxygens (including phenoxy) is 1. The summed E-state index contributed by atoms with van der Waals surface area (Å²) in [4.78, 5) is 16.4. The number of fused-ring (bicyclic) bond motifs is 1. The van der Waals surface area contributed by atoms with Crippen molar-refractivity contribution < 1.29 is 39.9 Å². The second kappa shape index (κ2) is 8.80. The molecule has 0 spiro atoms. The predicted molar refractivity (Wildman–Crippen MR) is 115 cm³/mol. The summed E-state index contributed by atoms with van der Waals surface area (Å²) in [5, 5.41) is 2.85. The maximum Gasteiger partial charge on any atom is 0.416 e. The minimum absolute atomic E-state index is 0.0204. The zero-order valence-electron chi connectivity index (χ0n) is 17.8. The number of rotatable bonds is 6. The van der Waals surface area contributed by atoms with Crippen molar-refractivity contribution in [2.45, 2.75) is 17.0 Å². The van der Waals surface area contributed by atoms with Crippen molar-refractivity contribution in [3.8, 4) is 5.75 Å². The fourth-order valence-corrected chi connectivity index (χ4v) is 4.71. The molecule has 2 N–H and O–H groups in total. The van der Waals surface area contributed by atoms with E-state index in [0.717, 1.165) is 18.2 Å². The lowest BCUT2D eigenvalue weighted by Crippen LogP contribution is -2.20. The standard InChI is InChI=1S/C22H16F5N3O4S/c1-34-12-8-14-15(10-29-21(14)28-9-12)20(31)18-16(23)5-6-17(19(18)24)30-35(32,33)13-4-2-3-11(7-13)22(25,26)27/h2-9,15,30H,10H2,1H3,(H,28,29). The average Bonchev–Trinajstić information content (AvgIpc) is 3.23. The summed E-state index contributed by atoms with van der Waals surface area (Å²) < 4.78 is 101. The molecule has 1 aliphatic heterocycles. The lowest BCUT2D eigenvalue weighted by atomic mass is 9.92. The summed E-state index contributed by atoms with van der Waals surface area (Å²) in [6, 6.07) is 5.71. The number of hydrogen-bond acceptors (Lipinski definition) is 6. The van der Waals surface area contributed by atoms with Gasteiger partial charge >= 0.3 is 6.18 Å². The zero-order chi connectivity index (χ0) is 25.5. The van der Waals surface area contributed by atoms with E-state index in [4.69, 9.17) is 4.74 Å². The summed E-state index contributed by atoms with van der Waals surface area (Å²) in [5.74, 6) is -4.14. The van der Waals surface area contributed by atoms with Crippen LogP contribution in [0.15, 0.2) is 53.6 Å². The minimum Gasteiger partial charge on any atom is -0.495 e. The van der Waals surface area contributed by atoms with Gasteiger partial charge < -0.3 is 10.1 Å². The highest BCUT2D eigenvalue weighted by Crippen LogP contribution is 2.37. The number of benzene rings is 2. The van der Waals surface area contributed by atoms with Crippen LogP contribution in [-0.2, 0) is 16.2 Å². The number of Topliss-reactive ketones (excluding diaryl/α,β-unsaturated/α-hetero) is 1. The number of hydrogen-bond donors (Lipinski definition) is 2. The first-order valence-corrected chi connectivity index (χ1v) is 11.4. The van der Waals surface area contributed by atoms with Gasteiger partial charge in [0.15, 0.2) is 11.6 Å². The van der Waals surface area contributed by atoms with Crippen molar-refractivity contribution in [3.05, 3.63) is 77.0 Å². The predicted octanol–water partition coefficient (Wildman–Crippen LogP) is 4.58. The highest BCUT2D eigenvalue weighted by atomic mass is 32.2. The molecule has 2 heterocycles. The van der Waals surface area contributed by atoms with E-state index in [-0.39, 0.29) is 6.54 Å². The van der Waals surface area contributed by atoms with Gasteiger partial charge in [0.2, 0.25) is 0 Å². The number of anilines is 2. The Balaban J connectivity index is 1.69. The van der Waals surface area contributed by atoms with Gasteiger partial charge in [-0.15, -0.1) is 0 Å². The first-order chi connectivity index (χ1) is 16.4. The zero-order valence-corrected chi connectivity index (χ0v) is 18.6. The van der Waals surface area contributed by atoms with Crippen LogP contribution in [0.5, 0.6) is 5.75 Å². The minimum atomic E-state index is -4.81. The van der Waals surface area contributed by atoms with Crippen LogP contribution < -0.4 is 14.8 Å². The van der Waals surface area contributed by atoms with Crippen molar-refractivity contribution in [3.63, 3.8) is 0 Å². The van der Waals surface area contributed by atoms with E-state index in [1.807, 2.05) is 0 Å². The number of nitrogens with zero attached hydrogens (tertiary/aromatic N) is 1. The van der Waals surface area contributed by atoms with Crippen molar-refractivity contribution in [1.29, 1.82) is 0 Å². The molecule has 0 radical (unpaired) electrons. The highest BCUT2D eigenvalue weighted by molar-refractivity contribution is 7.92. The van der Waals surface area contributed by atoms with E-state index in [1.54, 1.807) is 4.72 Å². The van der Waals surface area contributed by atoms with Crippen LogP contribution in [0.1, 0.15) is 27.4 Å². The van der Waals surface area contributed by atoms with Crippen LogP contribution in [0.3, 0.4) is 0 Å². The number of ketones is 1. The molecule has 1 aromatic heterocycles. The van der Waals surface area contributed by atoms with Crippen LogP contribution >= 0.6 is 0 Å². The molecule has 7 nitrogen and oxygen atoms in total. The van der Waals surface area contributed by atoms with Gasteiger partial charge in [-0.2, -0.15) is 13.2 Å². The van der Waals surface area contributed by atoms with E-state index in [1.165, 1.54) is 19.4 Å². The Morgan fingerprint density at radius 2 is 1.91 bits per heavy atom. The summed E-state index contributed by atoms with van der Waals surface area (Å²) in [5.41, 5.74) is -2.70. The largest absolute Gasteiger partial charge is 0.495 e. The van der Waals surface area contributed by atoms with E-state index in [9.17, 15) is 30.8 Å². The Morgan fingerprint density at radius 3 is 2.60 bits per heavy atom. The molecule has 0 aliphatic carbocycles. The van der Waals surface area contributed by atoms with Gasteiger partial charge in [-0.05, 0) is 36.4 Å². The lowest BCUT2D eigenvalue weighted by Gasteiger charge is -2.15. The van der Waals surface area contributed by atoms with Crippen molar-refractivity contribution >= 4 is 27.3 Å². The van der Waals surface area contributed by atoms with Gasteiger partial charge in [0.25, 0.3) is 10.0 Å². The molecule has 184 valence electrons. The summed E-state index contributed by atoms with van der Waals surface area (Å²) in [6.45, 7) is -0.0204. The number of carbonyl (C=O) groups excluding carboxylic acids is 1. The number of nitrogens with one attached hydrogen (secondary N) is 2. The van der Waals surface area contributed by atoms with Crippen LogP contribution in [0, 0.1) is 11.6 Å². The van der Waals surface area contributed by atoms with Crippen molar-refractivity contribution in [1.82, 2.24) is 4.98 Å². The third-order valence-corrected chi connectivity index (χ3v) is 6.71. The van der Waals surface area contributed by atoms with Gasteiger partial charge in [0.05, 0.1) is 40.9 Å². The van der Waals surface area contributed by atoms with Gasteiger partial charge in [-0.3, -0.25) is 9.52 Å². The smallest absolute Gasteiger partial charge is 0.416 e. The lowest BCUT2D eigenvalue weighted by molar-refractivity contribution is -0.137. The quantitative estimate of drug-likeness (QED) is 0.370. The molecule has 2 aromatic carbocycles. The topological polar surface area (TPSA) is 97.4 Å². The van der Waals surface area contributed by atoms with Crippen LogP contribution in [0.25, 0.3) is 0 Å². The molecule has 1 aliphatic rings. The monoisotopic (exact) mass is 513 g/mol. The molecule has 0 saturated carbocycles. The fraction of sp³-hybridized carbons (Fsp3) is 0.182. The maximum atomic E-state index is 15.2. The SMILES string of the molecule is COc1cnc2c(c1)C(C(=O)c1c(F)ccc(NS(=O)(=O)c3cccc(C(F)(F)F)c3)c1F)CN2. The molecule has 0 amide bonds. The molecule has 1 atom stereocenters. The van der Waals surface area contributed by atoms with Gasteiger partial charge in [0, 0.05) is 12.1 Å². The maximum absolute atomic E-state index is 15.2. The summed E-state index contributed by atoms with van der Waals surface area (Å²) in [7, 11) is -3.34. The molecule has 13 heteroatoms. The molecule has 4 rings (SSSR count). The summed E-state index contributed by atoms with van der Waals surface area (Å²) in [6.07, 6.45) is -3.42. The number of alkyl halides is 3. The first kappa shape index (κ1) is 24.4. The number of carbonyl (C=O) groups is 1. The number of methoxy groups -OCH3 is 1. The van der Waals surface area contributed by atoms with Gasteiger partial charge in [0.1, 0.15) is 17.4 Å². The molecule has 0 saturated heterocycles. The van der Waals surface area contributed by atoms with E-state index < -0.39 is 61.2 Å². The third kappa shape index (κ3) is 4.63. The number of sulfonamides is 1. The molecule has 0 fully saturated rings.